The molecular formula is C21H19NO2. The van der Waals surface area contributed by atoms with Crippen molar-refractivity contribution in [1.82, 2.24) is 0 Å². The van der Waals surface area contributed by atoms with Crippen molar-refractivity contribution < 1.29 is 9.47 Å². The molecule has 3 nitrogen and oxygen atoms in total. The first-order valence-corrected chi connectivity index (χ1v) is 7.99. The Kier molecular flexibility index (Phi) is 3.62. The molecule has 0 saturated carbocycles. The minimum absolute atomic E-state index is 0.0719. The predicted octanol–water partition coefficient (Wildman–Crippen LogP) is 4.89. The van der Waals surface area contributed by atoms with E-state index in [-0.39, 0.29) is 6.04 Å². The van der Waals surface area contributed by atoms with E-state index in [9.17, 15) is 0 Å². The second kappa shape index (κ2) is 5.93. The fraction of sp³-hybridized carbons (Fsp3) is 0.143. The molecule has 0 bridgehead atoms. The SMILES string of the molecule is COc1cccc(OC)c1NC1c2ccccc2-c2ccccc21. The van der Waals surface area contributed by atoms with Gasteiger partial charge in [0.15, 0.2) is 0 Å². The van der Waals surface area contributed by atoms with Crippen molar-refractivity contribution in [2.45, 2.75) is 6.04 Å². The van der Waals surface area contributed by atoms with Crippen LogP contribution in [0.15, 0.2) is 66.7 Å². The molecule has 0 aliphatic heterocycles. The maximum absolute atomic E-state index is 5.53. The third-order valence-electron chi connectivity index (χ3n) is 4.55. The van der Waals surface area contributed by atoms with E-state index in [4.69, 9.17) is 9.47 Å². The second-order valence-electron chi connectivity index (χ2n) is 5.79. The van der Waals surface area contributed by atoms with E-state index < -0.39 is 0 Å². The average Bonchev–Trinajstić information content (AvgIpc) is 2.96. The molecule has 0 atom stereocenters. The zero-order valence-electron chi connectivity index (χ0n) is 13.7. The molecule has 0 amide bonds. The summed E-state index contributed by atoms with van der Waals surface area (Å²) in [4.78, 5) is 0. The Morgan fingerprint density at radius 1 is 0.667 bits per heavy atom. The summed E-state index contributed by atoms with van der Waals surface area (Å²) < 4.78 is 11.1. The fourth-order valence-electron chi connectivity index (χ4n) is 3.45. The monoisotopic (exact) mass is 317 g/mol. The summed E-state index contributed by atoms with van der Waals surface area (Å²) in [6.45, 7) is 0. The van der Waals surface area contributed by atoms with Crippen LogP contribution in [0.2, 0.25) is 0 Å². The smallest absolute Gasteiger partial charge is 0.145 e. The van der Waals surface area contributed by atoms with Gasteiger partial charge in [0.2, 0.25) is 0 Å². The van der Waals surface area contributed by atoms with Gasteiger partial charge in [-0.15, -0.1) is 0 Å². The Bertz CT molecular complexity index is 821. The highest BCUT2D eigenvalue weighted by atomic mass is 16.5. The molecule has 0 radical (unpaired) electrons. The van der Waals surface area contributed by atoms with Crippen LogP contribution in [-0.4, -0.2) is 14.2 Å². The number of hydrogen-bond donors (Lipinski definition) is 1. The van der Waals surface area contributed by atoms with Gasteiger partial charge in [-0.3, -0.25) is 0 Å². The Labute approximate surface area is 141 Å². The number of rotatable bonds is 4. The molecule has 0 fully saturated rings. The molecule has 120 valence electrons. The van der Waals surface area contributed by atoms with Crippen molar-refractivity contribution in [3.8, 4) is 22.6 Å². The van der Waals surface area contributed by atoms with Crippen molar-refractivity contribution in [2.24, 2.45) is 0 Å². The highest BCUT2D eigenvalue weighted by Gasteiger charge is 2.29. The molecule has 1 N–H and O–H groups in total. The van der Waals surface area contributed by atoms with Gasteiger partial charge in [0, 0.05) is 0 Å². The molecule has 3 aromatic carbocycles. The third kappa shape index (κ3) is 2.21. The van der Waals surface area contributed by atoms with E-state index in [0.29, 0.717) is 0 Å². The number of nitrogens with one attached hydrogen (secondary N) is 1. The summed E-state index contributed by atoms with van der Waals surface area (Å²) >= 11 is 0. The van der Waals surface area contributed by atoms with Crippen molar-refractivity contribution in [3.05, 3.63) is 77.9 Å². The number of para-hydroxylation sites is 1. The summed E-state index contributed by atoms with van der Waals surface area (Å²) in [7, 11) is 3.35. The highest BCUT2D eigenvalue weighted by molar-refractivity contribution is 5.81. The van der Waals surface area contributed by atoms with Crippen molar-refractivity contribution >= 4 is 5.69 Å². The molecule has 0 heterocycles. The Hall–Kier alpha value is -2.94. The van der Waals surface area contributed by atoms with Crippen LogP contribution >= 0.6 is 0 Å². The summed E-state index contributed by atoms with van der Waals surface area (Å²) in [6.07, 6.45) is 0. The number of ether oxygens (including phenoxy) is 2. The molecule has 0 spiro atoms. The Morgan fingerprint density at radius 2 is 1.17 bits per heavy atom. The van der Waals surface area contributed by atoms with Crippen LogP contribution in [0.4, 0.5) is 5.69 Å². The summed E-state index contributed by atoms with van der Waals surface area (Å²) in [5.41, 5.74) is 5.97. The maximum Gasteiger partial charge on any atom is 0.145 e. The lowest BCUT2D eigenvalue weighted by Gasteiger charge is -2.21. The molecule has 3 heteroatoms. The fourth-order valence-corrected chi connectivity index (χ4v) is 3.45. The van der Waals surface area contributed by atoms with Gasteiger partial charge in [-0.05, 0) is 34.4 Å². The zero-order valence-corrected chi connectivity index (χ0v) is 13.7. The topological polar surface area (TPSA) is 30.5 Å². The summed E-state index contributed by atoms with van der Waals surface area (Å²) in [5.74, 6) is 1.55. The molecule has 1 aliphatic rings. The van der Waals surface area contributed by atoms with E-state index in [1.165, 1.54) is 22.3 Å². The third-order valence-corrected chi connectivity index (χ3v) is 4.55. The largest absolute Gasteiger partial charge is 0.494 e. The van der Waals surface area contributed by atoms with Gasteiger partial charge in [-0.2, -0.15) is 0 Å². The van der Waals surface area contributed by atoms with Gasteiger partial charge in [-0.1, -0.05) is 54.6 Å². The highest BCUT2D eigenvalue weighted by Crippen LogP contribution is 2.47. The van der Waals surface area contributed by atoms with Crippen LogP contribution in [-0.2, 0) is 0 Å². The standard InChI is InChI=1S/C21H19NO2/c1-23-18-12-7-13-19(24-2)21(18)22-20-16-10-5-3-8-14(16)15-9-4-6-11-17(15)20/h3-13,20,22H,1-2H3. The molecule has 0 saturated heterocycles. The van der Waals surface area contributed by atoms with Crippen molar-refractivity contribution in [2.75, 3.05) is 19.5 Å². The Morgan fingerprint density at radius 3 is 1.67 bits per heavy atom. The van der Waals surface area contributed by atoms with Crippen molar-refractivity contribution in [3.63, 3.8) is 0 Å². The predicted molar refractivity (Wildman–Crippen MR) is 96.9 cm³/mol. The van der Waals surface area contributed by atoms with E-state index in [1.54, 1.807) is 14.2 Å². The number of fused-ring (bicyclic) bond motifs is 3. The van der Waals surface area contributed by atoms with Gasteiger partial charge in [0.05, 0.1) is 20.3 Å². The first kappa shape index (κ1) is 14.6. The molecule has 24 heavy (non-hydrogen) atoms. The van der Waals surface area contributed by atoms with Crippen LogP contribution in [0.1, 0.15) is 17.2 Å². The minimum atomic E-state index is 0.0719. The Balaban J connectivity index is 1.84. The van der Waals surface area contributed by atoms with Crippen LogP contribution < -0.4 is 14.8 Å². The lowest BCUT2D eigenvalue weighted by Crippen LogP contribution is -2.11. The summed E-state index contributed by atoms with van der Waals surface area (Å²) in [6, 6.07) is 22.9. The molecule has 4 rings (SSSR count). The van der Waals surface area contributed by atoms with E-state index in [1.807, 2.05) is 18.2 Å². The molecule has 3 aromatic rings. The molecule has 1 aliphatic carbocycles. The van der Waals surface area contributed by atoms with Gasteiger partial charge >= 0.3 is 0 Å². The lowest BCUT2D eigenvalue weighted by molar-refractivity contribution is 0.397. The van der Waals surface area contributed by atoms with Gasteiger partial charge in [0.1, 0.15) is 17.2 Å². The second-order valence-corrected chi connectivity index (χ2v) is 5.79. The average molecular weight is 317 g/mol. The van der Waals surface area contributed by atoms with Crippen LogP contribution in [0.3, 0.4) is 0 Å². The van der Waals surface area contributed by atoms with Crippen LogP contribution in [0.25, 0.3) is 11.1 Å². The summed E-state index contributed by atoms with van der Waals surface area (Å²) in [5, 5.41) is 3.64. The van der Waals surface area contributed by atoms with Crippen LogP contribution in [0.5, 0.6) is 11.5 Å². The van der Waals surface area contributed by atoms with E-state index in [0.717, 1.165) is 17.2 Å². The first-order valence-electron chi connectivity index (χ1n) is 7.99. The van der Waals surface area contributed by atoms with E-state index >= 15 is 0 Å². The zero-order chi connectivity index (χ0) is 16.5. The molecule has 0 aromatic heterocycles. The van der Waals surface area contributed by atoms with Crippen molar-refractivity contribution in [1.29, 1.82) is 0 Å². The van der Waals surface area contributed by atoms with Gasteiger partial charge in [-0.25, -0.2) is 0 Å². The molecule has 0 unspecified atom stereocenters. The number of methoxy groups -OCH3 is 2. The molecular weight excluding hydrogens is 298 g/mol. The maximum atomic E-state index is 5.53. The minimum Gasteiger partial charge on any atom is -0.494 e. The first-order chi connectivity index (χ1) is 11.8. The van der Waals surface area contributed by atoms with Gasteiger partial charge < -0.3 is 14.8 Å². The number of anilines is 1. The van der Waals surface area contributed by atoms with E-state index in [2.05, 4.69) is 53.8 Å². The number of benzene rings is 3. The van der Waals surface area contributed by atoms with Crippen LogP contribution in [0, 0.1) is 0 Å². The number of hydrogen-bond acceptors (Lipinski definition) is 3. The normalized spacial score (nSPS) is 12.4. The quantitative estimate of drug-likeness (QED) is 0.743. The lowest BCUT2D eigenvalue weighted by atomic mass is 10.0. The van der Waals surface area contributed by atoms with Gasteiger partial charge in [0.25, 0.3) is 0 Å².